The second-order valence-corrected chi connectivity index (χ2v) is 7.14. The SMILES string of the molecule is COc1ccc(CNC2CC3CC2C2CCCC32)c(O)c1. The summed E-state index contributed by atoms with van der Waals surface area (Å²) in [6.07, 6.45) is 7.19. The molecular formula is C18H25NO2. The van der Waals surface area contributed by atoms with Crippen LogP contribution in [0.4, 0.5) is 0 Å². The summed E-state index contributed by atoms with van der Waals surface area (Å²) >= 11 is 0. The van der Waals surface area contributed by atoms with Crippen LogP contribution < -0.4 is 10.1 Å². The molecule has 3 nitrogen and oxygen atoms in total. The molecule has 2 N–H and O–H groups in total. The average Bonchev–Trinajstić information content (AvgIpc) is 3.18. The zero-order valence-corrected chi connectivity index (χ0v) is 12.7. The van der Waals surface area contributed by atoms with E-state index < -0.39 is 0 Å². The third-order valence-electron chi connectivity index (χ3n) is 6.28. The Bertz CT molecular complexity index is 530. The Hall–Kier alpha value is -1.22. The van der Waals surface area contributed by atoms with Crippen molar-refractivity contribution in [3.63, 3.8) is 0 Å². The molecule has 0 saturated heterocycles. The first-order chi connectivity index (χ1) is 10.3. The fraction of sp³-hybridized carbons (Fsp3) is 0.667. The monoisotopic (exact) mass is 287 g/mol. The van der Waals surface area contributed by atoms with E-state index in [0.29, 0.717) is 17.5 Å². The molecular weight excluding hydrogens is 262 g/mol. The Labute approximate surface area is 126 Å². The van der Waals surface area contributed by atoms with Crippen molar-refractivity contribution in [2.75, 3.05) is 7.11 Å². The molecule has 2 bridgehead atoms. The lowest BCUT2D eigenvalue weighted by molar-refractivity contribution is 0.207. The van der Waals surface area contributed by atoms with Crippen LogP contribution in [0.3, 0.4) is 0 Å². The second kappa shape index (κ2) is 5.20. The first-order valence-corrected chi connectivity index (χ1v) is 8.35. The van der Waals surface area contributed by atoms with Gasteiger partial charge in [0, 0.05) is 24.2 Å². The number of hydrogen-bond acceptors (Lipinski definition) is 3. The molecule has 0 radical (unpaired) electrons. The van der Waals surface area contributed by atoms with Crippen LogP contribution in [0.1, 0.15) is 37.7 Å². The van der Waals surface area contributed by atoms with E-state index in [0.717, 1.165) is 35.8 Å². The molecule has 1 aromatic rings. The maximum atomic E-state index is 10.1. The van der Waals surface area contributed by atoms with Gasteiger partial charge in [0.2, 0.25) is 0 Å². The van der Waals surface area contributed by atoms with Crippen molar-refractivity contribution in [3.8, 4) is 11.5 Å². The van der Waals surface area contributed by atoms with E-state index in [1.807, 2.05) is 12.1 Å². The van der Waals surface area contributed by atoms with Crippen LogP contribution in [-0.2, 0) is 6.54 Å². The number of fused-ring (bicyclic) bond motifs is 5. The highest BCUT2D eigenvalue weighted by molar-refractivity contribution is 5.39. The van der Waals surface area contributed by atoms with Crippen LogP contribution in [0.5, 0.6) is 11.5 Å². The lowest BCUT2D eigenvalue weighted by atomic mass is 9.79. The van der Waals surface area contributed by atoms with Crippen LogP contribution in [-0.4, -0.2) is 18.3 Å². The van der Waals surface area contributed by atoms with Gasteiger partial charge < -0.3 is 15.2 Å². The molecule has 3 aliphatic rings. The molecule has 21 heavy (non-hydrogen) atoms. The molecule has 3 heteroatoms. The number of hydrogen-bond donors (Lipinski definition) is 2. The van der Waals surface area contributed by atoms with Crippen molar-refractivity contribution >= 4 is 0 Å². The predicted molar refractivity (Wildman–Crippen MR) is 82.3 cm³/mol. The molecule has 4 rings (SSSR count). The minimum Gasteiger partial charge on any atom is -0.507 e. The number of aromatic hydroxyl groups is 1. The molecule has 1 aromatic carbocycles. The van der Waals surface area contributed by atoms with Gasteiger partial charge in [-0.3, -0.25) is 0 Å². The van der Waals surface area contributed by atoms with Gasteiger partial charge in [-0.1, -0.05) is 12.5 Å². The Balaban J connectivity index is 1.40. The van der Waals surface area contributed by atoms with E-state index in [2.05, 4.69) is 5.32 Å². The summed E-state index contributed by atoms with van der Waals surface area (Å²) in [7, 11) is 1.62. The normalized spacial score (nSPS) is 36.9. The summed E-state index contributed by atoms with van der Waals surface area (Å²) < 4.78 is 5.14. The number of phenolic OH excluding ortho intramolecular Hbond substituents is 1. The summed E-state index contributed by atoms with van der Waals surface area (Å²) in [5.41, 5.74) is 0.974. The first-order valence-electron chi connectivity index (χ1n) is 8.35. The molecule has 0 amide bonds. The molecule has 0 spiro atoms. The second-order valence-electron chi connectivity index (χ2n) is 7.14. The minimum atomic E-state index is 0.337. The van der Waals surface area contributed by atoms with Gasteiger partial charge in [0.05, 0.1) is 7.11 Å². The zero-order chi connectivity index (χ0) is 14.4. The third-order valence-corrected chi connectivity index (χ3v) is 6.28. The quantitative estimate of drug-likeness (QED) is 0.892. The minimum absolute atomic E-state index is 0.337. The number of rotatable bonds is 4. The van der Waals surface area contributed by atoms with E-state index in [-0.39, 0.29) is 0 Å². The zero-order valence-electron chi connectivity index (χ0n) is 12.7. The Morgan fingerprint density at radius 2 is 2.05 bits per heavy atom. The Morgan fingerprint density at radius 1 is 1.19 bits per heavy atom. The fourth-order valence-electron chi connectivity index (χ4n) is 5.36. The lowest BCUT2D eigenvalue weighted by Crippen LogP contribution is -2.38. The van der Waals surface area contributed by atoms with E-state index in [1.165, 1.54) is 32.1 Å². The summed E-state index contributed by atoms with van der Waals surface area (Å²) in [6.45, 7) is 0.765. The predicted octanol–water partition coefficient (Wildman–Crippen LogP) is 3.32. The molecule has 0 aromatic heterocycles. The topological polar surface area (TPSA) is 41.5 Å². The van der Waals surface area contributed by atoms with E-state index in [9.17, 15) is 5.11 Å². The van der Waals surface area contributed by atoms with E-state index >= 15 is 0 Å². The molecule has 114 valence electrons. The average molecular weight is 287 g/mol. The number of nitrogens with one attached hydrogen (secondary N) is 1. The van der Waals surface area contributed by atoms with Gasteiger partial charge in [-0.2, -0.15) is 0 Å². The van der Waals surface area contributed by atoms with Crippen molar-refractivity contribution in [2.45, 2.75) is 44.7 Å². The summed E-state index contributed by atoms with van der Waals surface area (Å²) in [4.78, 5) is 0. The smallest absolute Gasteiger partial charge is 0.123 e. The summed E-state index contributed by atoms with van der Waals surface area (Å²) in [5, 5.41) is 13.8. The van der Waals surface area contributed by atoms with Gasteiger partial charge in [0.1, 0.15) is 11.5 Å². The molecule has 5 atom stereocenters. The van der Waals surface area contributed by atoms with Crippen molar-refractivity contribution in [1.29, 1.82) is 0 Å². The molecule has 0 aliphatic heterocycles. The van der Waals surface area contributed by atoms with Crippen LogP contribution in [0.2, 0.25) is 0 Å². The highest BCUT2D eigenvalue weighted by Crippen LogP contribution is 2.58. The molecule has 3 aliphatic carbocycles. The Kier molecular flexibility index (Phi) is 3.33. The van der Waals surface area contributed by atoms with Crippen molar-refractivity contribution < 1.29 is 9.84 Å². The van der Waals surface area contributed by atoms with Crippen molar-refractivity contribution in [1.82, 2.24) is 5.32 Å². The number of ether oxygens (including phenoxy) is 1. The van der Waals surface area contributed by atoms with Gasteiger partial charge in [0.15, 0.2) is 0 Å². The number of benzene rings is 1. The number of phenols is 1. The largest absolute Gasteiger partial charge is 0.507 e. The van der Waals surface area contributed by atoms with Gasteiger partial charge >= 0.3 is 0 Å². The maximum Gasteiger partial charge on any atom is 0.123 e. The van der Waals surface area contributed by atoms with Crippen LogP contribution in [0, 0.1) is 23.7 Å². The molecule has 5 unspecified atom stereocenters. The van der Waals surface area contributed by atoms with Gasteiger partial charge in [0.25, 0.3) is 0 Å². The van der Waals surface area contributed by atoms with Crippen molar-refractivity contribution in [2.24, 2.45) is 23.7 Å². The Morgan fingerprint density at radius 3 is 2.86 bits per heavy atom. The lowest BCUT2D eigenvalue weighted by Gasteiger charge is -2.32. The summed E-state index contributed by atoms with van der Waals surface area (Å²) in [5.74, 6) is 4.95. The third kappa shape index (κ3) is 2.22. The molecule has 0 heterocycles. The highest BCUT2D eigenvalue weighted by Gasteiger charge is 2.53. The maximum absolute atomic E-state index is 10.1. The van der Waals surface area contributed by atoms with E-state index in [1.54, 1.807) is 13.2 Å². The van der Waals surface area contributed by atoms with Gasteiger partial charge in [-0.25, -0.2) is 0 Å². The summed E-state index contributed by atoms with van der Waals surface area (Å²) in [6, 6.07) is 6.25. The molecule has 3 fully saturated rings. The van der Waals surface area contributed by atoms with Gasteiger partial charge in [-0.05, 0) is 55.4 Å². The number of methoxy groups -OCH3 is 1. The van der Waals surface area contributed by atoms with Gasteiger partial charge in [-0.15, -0.1) is 0 Å². The standard InChI is InChI=1S/C18H25NO2/c1-21-13-6-5-11(18(20)9-13)10-19-17-8-12-7-16(17)15-4-2-3-14(12)15/h5-6,9,12,14-17,19-20H,2-4,7-8,10H2,1H3. The highest BCUT2D eigenvalue weighted by atomic mass is 16.5. The van der Waals surface area contributed by atoms with Crippen LogP contribution in [0.15, 0.2) is 18.2 Å². The van der Waals surface area contributed by atoms with Crippen LogP contribution >= 0.6 is 0 Å². The first kappa shape index (κ1) is 13.4. The van der Waals surface area contributed by atoms with Crippen LogP contribution in [0.25, 0.3) is 0 Å². The molecule has 3 saturated carbocycles. The fourth-order valence-corrected chi connectivity index (χ4v) is 5.36. The van der Waals surface area contributed by atoms with E-state index in [4.69, 9.17) is 4.74 Å². The van der Waals surface area contributed by atoms with Crippen molar-refractivity contribution in [3.05, 3.63) is 23.8 Å².